The van der Waals surface area contributed by atoms with Crippen molar-refractivity contribution in [3.63, 3.8) is 0 Å². The molecule has 0 unspecified atom stereocenters. The maximum absolute atomic E-state index is 9.31. The van der Waals surface area contributed by atoms with Crippen molar-refractivity contribution < 1.29 is 36.3 Å². The van der Waals surface area contributed by atoms with Crippen LogP contribution < -0.4 is 0 Å². The van der Waals surface area contributed by atoms with E-state index in [1.54, 1.807) is 25.7 Å². The molecule has 0 aromatic rings. The minimum absolute atomic E-state index is 0. The second-order valence-corrected chi connectivity index (χ2v) is 10.3. The zero-order valence-corrected chi connectivity index (χ0v) is 18.6. The van der Waals surface area contributed by atoms with Gasteiger partial charge in [-0.05, 0) is 51.4 Å². The van der Waals surface area contributed by atoms with Crippen LogP contribution in [0, 0.1) is 13.8 Å². The number of hydrogen-bond donors (Lipinski definition) is 2. The third-order valence-corrected chi connectivity index (χ3v) is 9.30. The molecule has 168 valence electrons. The van der Waals surface area contributed by atoms with E-state index >= 15 is 0 Å². The Bertz CT molecular complexity index is 374. The van der Waals surface area contributed by atoms with E-state index in [-0.39, 0.29) is 38.3 Å². The first kappa shape index (κ1) is 32.3. The van der Waals surface area contributed by atoms with E-state index in [0.29, 0.717) is 0 Å². The number of rotatable bonds is 6. The molecule has 0 atom stereocenters. The van der Waals surface area contributed by atoms with Crippen LogP contribution in [0.3, 0.4) is 0 Å². The van der Waals surface area contributed by atoms with Gasteiger partial charge in [-0.2, -0.15) is 0 Å². The van der Waals surface area contributed by atoms with Crippen LogP contribution in [-0.2, 0) is 26.1 Å². The summed E-state index contributed by atoms with van der Waals surface area (Å²) in [6, 6.07) is 0. The summed E-state index contributed by atoms with van der Waals surface area (Å²) in [6.07, 6.45) is 19.0. The van der Waals surface area contributed by atoms with Gasteiger partial charge in [-0.25, -0.2) is 4.79 Å². The molecule has 0 heterocycles. The number of carbonyl (C=O) groups is 2. The van der Waals surface area contributed by atoms with Gasteiger partial charge in [0, 0.05) is 20.2 Å². The number of carboxylic acids is 2. The molecule has 0 saturated heterocycles. The van der Waals surface area contributed by atoms with Crippen molar-refractivity contribution in [2.45, 2.75) is 95.8 Å². The summed E-state index contributed by atoms with van der Waals surface area (Å²) >= 11 is 0. The van der Waals surface area contributed by atoms with Gasteiger partial charge in [-0.1, -0.05) is 33.3 Å². The van der Waals surface area contributed by atoms with E-state index in [1.807, 2.05) is 0 Å². The molecule has 6 heteroatoms. The molecule has 0 aromatic heterocycles. The fraction of sp³-hybridized carbons (Fsp3) is 0.727. The second kappa shape index (κ2) is 21.3. The van der Waals surface area contributed by atoms with Gasteiger partial charge in [-0.3, -0.25) is 4.79 Å². The van der Waals surface area contributed by atoms with Crippen LogP contribution in [0.15, 0.2) is 12.7 Å². The Balaban J connectivity index is -0.000000441. The summed E-state index contributed by atoms with van der Waals surface area (Å²) in [4.78, 5) is 18.6. The van der Waals surface area contributed by atoms with E-state index in [2.05, 4.69) is 20.4 Å². The summed E-state index contributed by atoms with van der Waals surface area (Å²) in [7, 11) is -0.0593. The number of carboxylic acid groups (broad SMARTS) is 2. The summed E-state index contributed by atoms with van der Waals surface area (Å²) < 4.78 is 0. The van der Waals surface area contributed by atoms with Crippen LogP contribution in [0.1, 0.15) is 84.5 Å². The summed E-state index contributed by atoms with van der Waals surface area (Å²) in [6.45, 7) is 10.2. The maximum atomic E-state index is 9.31. The molecule has 0 bridgehead atoms. The summed E-state index contributed by atoms with van der Waals surface area (Å²) in [5, 5.41) is 15.3. The Kier molecular flexibility index (Phi) is 24.6. The number of hydrogen-bond acceptors (Lipinski definition) is 2. The molecule has 0 amide bonds. The topological polar surface area (TPSA) is 74.6 Å². The van der Waals surface area contributed by atoms with Gasteiger partial charge in [0.15, 0.2) is 0 Å². The van der Waals surface area contributed by atoms with Crippen molar-refractivity contribution >= 4 is 19.9 Å². The zero-order valence-electron chi connectivity index (χ0n) is 16.6. The Labute approximate surface area is 184 Å². The fourth-order valence-electron chi connectivity index (χ4n) is 3.89. The monoisotopic (exact) mass is 459 g/mol. The molecule has 2 aliphatic rings. The van der Waals surface area contributed by atoms with E-state index in [0.717, 1.165) is 6.08 Å². The van der Waals surface area contributed by atoms with Crippen molar-refractivity contribution in [2.75, 3.05) is 6.16 Å². The molecule has 2 fully saturated rings. The minimum Gasteiger partial charge on any atom is -0.483 e. The molecule has 0 aliphatic heterocycles. The Hall–Kier alpha value is -0.396. The van der Waals surface area contributed by atoms with E-state index in [1.165, 1.54) is 62.4 Å². The van der Waals surface area contributed by atoms with Crippen LogP contribution in [0.25, 0.3) is 0 Å². The standard InChI is InChI=1S/C15H28P.C3H5O2.C3H4O2.CH4.Ni/c1-2-13-16(14-9-5-3-6-10-14)15-11-7-4-8-12-15;2*1-2-3(4)5;;/h14-15H,1-13H2;1-2H2,(H,4,5);2H,1H2,(H,4,5);1H4;/q2*-1;;;+2/p+1. The van der Waals surface area contributed by atoms with Crippen molar-refractivity contribution in [3.8, 4) is 0 Å². The summed E-state index contributed by atoms with van der Waals surface area (Å²) in [5.41, 5.74) is 2.34. The number of aliphatic carboxylic acids is 2. The quantitative estimate of drug-likeness (QED) is 0.212. The van der Waals surface area contributed by atoms with Crippen LogP contribution in [0.4, 0.5) is 0 Å². The molecule has 4 nitrogen and oxygen atoms in total. The normalized spacial score (nSPS) is 16.8. The van der Waals surface area contributed by atoms with Gasteiger partial charge in [0.2, 0.25) is 0 Å². The predicted octanol–water partition coefficient (Wildman–Crippen LogP) is 6.28. The van der Waals surface area contributed by atoms with E-state index in [4.69, 9.17) is 10.2 Å². The van der Waals surface area contributed by atoms with Crippen LogP contribution in [0.2, 0.25) is 0 Å². The SMILES string of the molecule is C.C=CC(=O)O.[CH2-]CC(=O)O.[CH2-]CC[PH+](C1CCCCC1)C1CCCCC1.[Ni+2]. The smallest absolute Gasteiger partial charge is 0.483 e. The molecular weight excluding hydrogens is 418 g/mol. The van der Waals surface area contributed by atoms with Gasteiger partial charge in [-0.15, -0.1) is 6.42 Å². The Morgan fingerprint density at radius 2 is 1.25 bits per heavy atom. The largest absolute Gasteiger partial charge is 2.00 e. The molecule has 2 aliphatic carbocycles. The van der Waals surface area contributed by atoms with Gasteiger partial charge >= 0.3 is 22.5 Å². The zero-order chi connectivity index (χ0) is 19.8. The van der Waals surface area contributed by atoms with Gasteiger partial charge in [0.25, 0.3) is 5.97 Å². The van der Waals surface area contributed by atoms with E-state index < -0.39 is 11.9 Å². The molecule has 0 aromatic carbocycles. The van der Waals surface area contributed by atoms with Crippen LogP contribution in [-0.4, -0.2) is 39.6 Å². The Morgan fingerprint density at radius 1 is 0.929 bits per heavy atom. The second-order valence-electron chi connectivity index (χ2n) is 7.03. The van der Waals surface area contributed by atoms with Crippen molar-refractivity contribution in [1.82, 2.24) is 0 Å². The summed E-state index contributed by atoms with van der Waals surface area (Å²) in [5.74, 6) is -1.84. The van der Waals surface area contributed by atoms with Crippen LogP contribution in [0.5, 0.6) is 0 Å². The molecule has 2 N–H and O–H groups in total. The molecule has 0 radical (unpaired) electrons. The maximum Gasteiger partial charge on any atom is 2.00 e. The molecule has 28 heavy (non-hydrogen) atoms. The third kappa shape index (κ3) is 16.5. The average Bonchev–Trinajstić information content (AvgIpc) is 2.68. The van der Waals surface area contributed by atoms with E-state index in [9.17, 15) is 9.59 Å². The van der Waals surface area contributed by atoms with Gasteiger partial charge in [0.1, 0.15) is 0 Å². The average molecular weight is 460 g/mol. The van der Waals surface area contributed by atoms with Crippen molar-refractivity contribution in [1.29, 1.82) is 0 Å². The van der Waals surface area contributed by atoms with Gasteiger partial charge in [0.05, 0.1) is 11.3 Å². The third-order valence-electron chi connectivity index (χ3n) is 5.11. The fourth-order valence-corrected chi connectivity index (χ4v) is 8.08. The van der Waals surface area contributed by atoms with Crippen molar-refractivity contribution in [3.05, 3.63) is 26.5 Å². The first-order chi connectivity index (χ1) is 12.5. The Morgan fingerprint density at radius 3 is 1.46 bits per heavy atom. The van der Waals surface area contributed by atoms with Crippen molar-refractivity contribution in [2.24, 2.45) is 0 Å². The minimum atomic E-state index is -0.981. The predicted molar refractivity (Wildman–Crippen MR) is 119 cm³/mol. The molecule has 2 saturated carbocycles. The van der Waals surface area contributed by atoms with Crippen LogP contribution >= 0.6 is 7.92 Å². The molecule has 0 spiro atoms. The molecule has 2 rings (SSSR count). The molecular formula is C22H42NiO4P+. The first-order valence-electron chi connectivity index (χ1n) is 9.97. The first-order valence-corrected chi connectivity index (χ1v) is 11.8. The van der Waals surface area contributed by atoms with Gasteiger partial charge < -0.3 is 24.1 Å².